The van der Waals surface area contributed by atoms with Crippen LogP contribution in [0.2, 0.25) is 0 Å². The second kappa shape index (κ2) is 9.05. The van der Waals surface area contributed by atoms with Gasteiger partial charge in [-0.3, -0.25) is 19.5 Å². The van der Waals surface area contributed by atoms with Crippen LogP contribution < -0.4 is 4.90 Å². The number of rotatable bonds is 4. The van der Waals surface area contributed by atoms with Crippen LogP contribution in [0, 0.1) is 6.92 Å². The normalized spacial score (nSPS) is 18.2. The van der Waals surface area contributed by atoms with Gasteiger partial charge in [-0.1, -0.05) is 30.3 Å². The SMILES string of the molecule is Cc1nc([C@H]2CCCCN2C(=O)c2cnccn2)nc2c1CCC(=O)N2Cc1ccccc1. The van der Waals surface area contributed by atoms with Crippen LogP contribution in [-0.2, 0) is 17.8 Å². The largest absolute Gasteiger partial charge is 0.327 e. The molecule has 0 spiro atoms. The summed E-state index contributed by atoms with van der Waals surface area (Å²) in [6, 6.07) is 9.68. The van der Waals surface area contributed by atoms with Crippen LogP contribution in [0.5, 0.6) is 0 Å². The molecule has 2 aliphatic heterocycles. The third kappa shape index (κ3) is 4.20. The number of likely N-dealkylation sites (tertiary alicyclic amines) is 1. The number of nitrogens with zero attached hydrogens (tertiary/aromatic N) is 6. The molecule has 1 atom stereocenters. The molecule has 5 rings (SSSR count). The fourth-order valence-corrected chi connectivity index (χ4v) is 4.68. The molecular weight excluding hydrogens is 416 g/mol. The lowest BCUT2D eigenvalue weighted by Crippen LogP contribution is -2.41. The quantitative estimate of drug-likeness (QED) is 0.615. The van der Waals surface area contributed by atoms with Crippen molar-refractivity contribution in [2.75, 3.05) is 11.4 Å². The van der Waals surface area contributed by atoms with Crippen LogP contribution in [0.3, 0.4) is 0 Å². The van der Waals surface area contributed by atoms with E-state index < -0.39 is 0 Å². The number of carbonyl (C=O) groups is 2. The van der Waals surface area contributed by atoms with E-state index in [0.717, 1.165) is 36.1 Å². The Kier molecular flexibility index (Phi) is 5.81. The lowest BCUT2D eigenvalue weighted by molar-refractivity contribution is -0.119. The topological polar surface area (TPSA) is 92.2 Å². The number of carbonyl (C=O) groups excluding carboxylic acids is 2. The zero-order valence-electron chi connectivity index (χ0n) is 18.6. The number of hydrogen-bond donors (Lipinski definition) is 0. The molecule has 0 aliphatic carbocycles. The van der Waals surface area contributed by atoms with E-state index in [0.29, 0.717) is 43.3 Å². The summed E-state index contributed by atoms with van der Waals surface area (Å²) in [6.45, 7) is 3.06. The Morgan fingerprint density at radius 2 is 1.94 bits per heavy atom. The lowest BCUT2D eigenvalue weighted by Gasteiger charge is -2.36. The summed E-state index contributed by atoms with van der Waals surface area (Å²) in [5.41, 5.74) is 3.25. The van der Waals surface area contributed by atoms with E-state index >= 15 is 0 Å². The van der Waals surface area contributed by atoms with Gasteiger partial charge in [-0.15, -0.1) is 0 Å². The molecular formula is C25H26N6O2. The summed E-state index contributed by atoms with van der Waals surface area (Å²) in [7, 11) is 0. The Balaban J connectivity index is 1.51. The summed E-state index contributed by atoms with van der Waals surface area (Å²) >= 11 is 0. The Morgan fingerprint density at radius 1 is 1.09 bits per heavy atom. The zero-order valence-corrected chi connectivity index (χ0v) is 18.6. The van der Waals surface area contributed by atoms with Crippen molar-refractivity contribution in [1.82, 2.24) is 24.8 Å². The Morgan fingerprint density at radius 3 is 2.73 bits per heavy atom. The van der Waals surface area contributed by atoms with Crippen LogP contribution in [0.4, 0.5) is 5.82 Å². The van der Waals surface area contributed by atoms with E-state index in [9.17, 15) is 9.59 Å². The standard InChI is InChI=1S/C25H26N6O2/c1-17-19-10-11-22(32)31(16-18-7-3-2-4-8-18)24(19)29-23(28-17)21-9-5-6-14-30(21)25(33)20-15-26-12-13-27-20/h2-4,7-8,12-13,15,21H,5-6,9-11,14,16H2,1H3/t21-/m1/s1. The van der Waals surface area contributed by atoms with Crippen molar-refractivity contribution in [3.05, 3.63) is 77.3 Å². The summed E-state index contributed by atoms with van der Waals surface area (Å²) < 4.78 is 0. The maximum absolute atomic E-state index is 13.2. The van der Waals surface area contributed by atoms with Crippen molar-refractivity contribution >= 4 is 17.6 Å². The summed E-state index contributed by atoms with van der Waals surface area (Å²) in [4.78, 5) is 47.7. The van der Waals surface area contributed by atoms with E-state index in [-0.39, 0.29) is 17.9 Å². The molecule has 168 valence electrons. The highest BCUT2D eigenvalue weighted by atomic mass is 16.2. The van der Waals surface area contributed by atoms with Gasteiger partial charge < -0.3 is 4.90 Å². The molecule has 0 radical (unpaired) electrons. The minimum atomic E-state index is -0.257. The van der Waals surface area contributed by atoms with Crippen molar-refractivity contribution in [3.63, 3.8) is 0 Å². The fraction of sp³-hybridized carbons (Fsp3) is 0.360. The third-order valence-corrected chi connectivity index (χ3v) is 6.38. The molecule has 1 saturated heterocycles. The molecule has 3 aromatic rings. The molecule has 0 N–H and O–H groups in total. The van der Waals surface area contributed by atoms with Gasteiger partial charge in [0.25, 0.3) is 5.91 Å². The molecule has 1 fully saturated rings. The molecule has 0 saturated carbocycles. The van der Waals surface area contributed by atoms with E-state index in [1.807, 2.05) is 37.3 Å². The van der Waals surface area contributed by atoms with Crippen molar-refractivity contribution in [3.8, 4) is 0 Å². The smallest absolute Gasteiger partial charge is 0.274 e. The number of hydrogen-bond acceptors (Lipinski definition) is 6. The number of anilines is 1. The number of fused-ring (bicyclic) bond motifs is 1. The predicted octanol–water partition coefficient (Wildman–Crippen LogP) is 3.42. The molecule has 0 bridgehead atoms. The highest BCUT2D eigenvalue weighted by Crippen LogP contribution is 2.35. The van der Waals surface area contributed by atoms with Gasteiger partial charge in [0.15, 0.2) is 5.82 Å². The number of amides is 2. The number of aromatic nitrogens is 4. The molecule has 2 amide bonds. The predicted molar refractivity (Wildman–Crippen MR) is 122 cm³/mol. The van der Waals surface area contributed by atoms with E-state index in [4.69, 9.17) is 9.97 Å². The van der Waals surface area contributed by atoms with Gasteiger partial charge in [0.2, 0.25) is 5.91 Å². The maximum atomic E-state index is 13.2. The summed E-state index contributed by atoms with van der Waals surface area (Å²) in [5.74, 6) is 1.17. The second-order valence-electron chi connectivity index (χ2n) is 8.54. The molecule has 33 heavy (non-hydrogen) atoms. The van der Waals surface area contributed by atoms with Gasteiger partial charge in [-0.25, -0.2) is 15.0 Å². The molecule has 2 aromatic heterocycles. The van der Waals surface area contributed by atoms with Gasteiger partial charge in [0.05, 0.1) is 18.8 Å². The van der Waals surface area contributed by atoms with Gasteiger partial charge in [-0.2, -0.15) is 0 Å². The molecule has 8 heteroatoms. The second-order valence-corrected chi connectivity index (χ2v) is 8.54. The first kappa shape index (κ1) is 21.2. The van der Waals surface area contributed by atoms with Gasteiger partial charge >= 0.3 is 0 Å². The Hall–Kier alpha value is -3.68. The molecule has 8 nitrogen and oxygen atoms in total. The highest BCUT2D eigenvalue weighted by Gasteiger charge is 2.34. The first-order chi connectivity index (χ1) is 16.1. The number of piperidine rings is 1. The van der Waals surface area contributed by atoms with Crippen molar-refractivity contribution < 1.29 is 9.59 Å². The fourth-order valence-electron chi connectivity index (χ4n) is 4.68. The summed E-state index contributed by atoms with van der Waals surface area (Å²) in [5, 5.41) is 0. The number of aryl methyl sites for hydroxylation is 1. The van der Waals surface area contributed by atoms with Crippen LogP contribution >= 0.6 is 0 Å². The van der Waals surface area contributed by atoms with Crippen LogP contribution in [0.1, 0.15) is 64.9 Å². The van der Waals surface area contributed by atoms with Crippen LogP contribution in [0.15, 0.2) is 48.9 Å². The van der Waals surface area contributed by atoms with Crippen LogP contribution in [0.25, 0.3) is 0 Å². The lowest BCUT2D eigenvalue weighted by atomic mass is 9.99. The summed E-state index contributed by atoms with van der Waals surface area (Å²) in [6.07, 6.45) is 8.34. The number of benzene rings is 1. The van der Waals surface area contributed by atoms with E-state index in [1.165, 1.54) is 12.4 Å². The first-order valence-corrected chi connectivity index (χ1v) is 11.4. The monoisotopic (exact) mass is 442 g/mol. The molecule has 4 heterocycles. The average molecular weight is 443 g/mol. The molecule has 1 aromatic carbocycles. The third-order valence-electron chi connectivity index (χ3n) is 6.38. The average Bonchev–Trinajstić information content (AvgIpc) is 2.86. The van der Waals surface area contributed by atoms with Gasteiger partial charge in [0, 0.05) is 36.6 Å². The van der Waals surface area contributed by atoms with E-state index in [1.54, 1.807) is 16.0 Å². The highest BCUT2D eigenvalue weighted by molar-refractivity contribution is 5.95. The van der Waals surface area contributed by atoms with Crippen molar-refractivity contribution in [2.45, 2.75) is 51.6 Å². The zero-order chi connectivity index (χ0) is 22.8. The minimum Gasteiger partial charge on any atom is -0.327 e. The van der Waals surface area contributed by atoms with Crippen molar-refractivity contribution in [1.29, 1.82) is 0 Å². The minimum absolute atomic E-state index is 0.0616. The molecule has 2 aliphatic rings. The Bertz CT molecular complexity index is 1170. The first-order valence-electron chi connectivity index (χ1n) is 11.4. The van der Waals surface area contributed by atoms with Crippen molar-refractivity contribution in [2.24, 2.45) is 0 Å². The van der Waals surface area contributed by atoms with Crippen LogP contribution in [-0.4, -0.2) is 43.2 Å². The van der Waals surface area contributed by atoms with Gasteiger partial charge in [-0.05, 0) is 38.2 Å². The Labute approximate surface area is 192 Å². The molecule has 0 unspecified atom stereocenters. The van der Waals surface area contributed by atoms with Gasteiger partial charge in [0.1, 0.15) is 11.5 Å². The van der Waals surface area contributed by atoms with E-state index in [2.05, 4.69) is 9.97 Å². The maximum Gasteiger partial charge on any atom is 0.274 e.